The number of nitrogens with one attached hydrogen (secondary N) is 2. The molecule has 0 fully saturated rings. The van der Waals surface area contributed by atoms with Gasteiger partial charge in [-0.2, -0.15) is 0 Å². The third-order valence-electron chi connectivity index (χ3n) is 2.70. The Labute approximate surface area is 107 Å². The first-order valence-electron chi connectivity index (χ1n) is 5.96. The van der Waals surface area contributed by atoms with Gasteiger partial charge in [-0.25, -0.2) is 4.98 Å². The summed E-state index contributed by atoms with van der Waals surface area (Å²) < 4.78 is 4.97. The normalized spacial score (nSPS) is 10.8. The summed E-state index contributed by atoms with van der Waals surface area (Å²) in [5, 5.41) is 3.27. The third-order valence-corrected chi connectivity index (χ3v) is 2.70. The van der Waals surface area contributed by atoms with Crippen LogP contribution < -0.4 is 5.32 Å². The van der Waals surface area contributed by atoms with E-state index in [0.717, 1.165) is 35.7 Å². The molecule has 2 aromatic heterocycles. The maximum absolute atomic E-state index is 4.97. The van der Waals surface area contributed by atoms with Crippen LogP contribution in [0.15, 0.2) is 24.7 Å². The van der Waals surface area contributed by atoms with E-state index < -0.39 is 0 Å². The zero-order valence-electron chi connectivity index (χ0n) is 10.7. The van der Waals surface area contributed by atoms with E-state index in [4.69, 9.17) is 4.74 Å². The van der Waals surface area contributed by atoms with Crippen molar-refractivity contribution in [2.45, 2.75) is 13.5 Å². The molecule has 0 spiro atoms. The Hall–Kier alpha value is -1.72. The number of methoxy groups -OCH3 is 1. The van der Waals surface area contributed by atoms with Crippen LogP contribution in [0.4, 0.5) is 0 Å². The second-order valence-corrected chi connectivity index (χ2v) is 4.12. The first-order chi connectivity index (χ1) is 8.81. The number of aromatic nitrogens is 3. The number of hydrogen-bond donors (Lipinski definition) is 2. The highest BCUT2D eigenvalue weighted by molar-refractivity contribution is 5.58. The third kappa shape index (κ3) is 3.15. The summed E-state index contributed by atoms with van der Waals surface area (Å²) in [4.78, 5) is 11.8. The highest BCUT2D eigenvalue weighted by Crippen LogP contribution is 2.18. The van der Waals surface area contributed by atoms with Crippen LogP contribution in [-0.2, 0) is 11.3 Å². The molecule has 5 heteroatoms. The highest BCUT2D eigenvalue weighted by Gasteiger charge is 2.05. The van der Waals surface area contributed by atoms with Crippen molar-refractivity contribution in [3.05, 3.63) is 35.9 Å². The summed E-state index contributed by atoms with van der Waals surface area (Å²) >= 11 is 0. The summed E-state index contributed by atoms with van der Waals surface area (Å²) in [5.41, 5.74) is 3.27. The fourth-order valence-corrected chi connectivity index (χ4v) is 1.72. The predicted octanol–water partition coefficient (Wildman–Crippen LogP) is 1.52. The second kappa shape index (κ2) is 6.28. The minimum atomic E-state index is 0.713. The molecular formula is C13H18N4O. The van der Waals surface area contributed by atoms with E-state index in [9.17, 15) is 0 Å². The van der Waals surface area contributed by atoms with Crippen molar-refractivity contribution >= 4 is 0 Å². The number of nitrogens with zero attached hydrogens (tertiary/aromatic N) is 2. The van der Waals surface area contributed by atoms with Crippen molar-refractivity contribution in [2.75, 3.05) is 20.3 Å². The van der Waals surface area contributed by atoms with Crippen LogP contribution in [0.3, 0.4) is 0 Å². The maximum Gasteiger partial charge on any atom is 0.137 e. The van der Waals surface area contributed by atoms with Gasteiger partial charge in [0, 0.05) is 50.0 Å². The van der Waals surface area contributed by atoms with Gasteiger partial charge in [0.2, 0.25) is 0 Å². The summed E-state index contributed by atoms with van der Waals surface area (Å²) in [5.74, 6) is 0.887. The van der Waals surface area contributed by atoms with Crippen molar-refractivity contribution < 1.29 is 4.74 Å². The molecule has 2 heterocycles. The van der Waals surface area contributed by atoms with Crippen molar-refractivity contribution in [3.63, 3.8) is 0 Å². The summed E-state index contributed by atoms with van der Waals surface area (Å²) in [6, 6.07) is 1.97. The van der Waals surface area contributed by atoms with Gasteiger partial charge in [0.25, 0.3) is 0 Å². The van der Waals surface area contributed by atoms with Crippen LogP contribution in [-0.4, -0.2) is 35.2 Å². The van der Waals surface area contributed by atoms with Gasteiger partial charge in [-0.1, -0.05) is 0 Å². The lowest BCUT2D eigenvalue weighted by Gasteiger charge is -2.02. The highest BCUT2D eigenvalue weighted by atomic mass is 16.5. The van der Waals surface area contributed by atoms with Crippen LogP contribution in [0.2, 0.25) is 0 Å². The molecule has 2 rings (SSSR count). The second-order valence-electron chi connectivity index (χ2n) is 4.12. The molecule has 0 saturated heterocycles. The molecule has 2 N–H and O–H groups in total. The van der Waals surface area contributed by atoms with Crippen molar-refractivity contribution in [2.24, 2.45) is 0 Å². The first-order valence-corrected chi connectivity index (χ1v) is 5.96. The van der Waals surface area contributed by atoms with Gasteiger partial charge in [0.1, 0.15) is 5.82 Å². The molecule has 96 valence electrons. The lowest BCUT2D eigenvalue weighted by Crippen LogP contribution is -2.18. The van der Waals surface area contributed by atoms with Crippen molar-refractivity contribution in [1.29, 1.82) is 0 Å². The standard InChI is InChI=1S/C13H18N4O/c1-10-7-14-4-3-12(10)13-16-9-11(17-13)8-15-5-6-18-2/h3-4,7,9,15H,5-6,8H2,1-2H3,(H,16,17). The van der Waals surface area contributed by atoms with Gasteiger partial charge in [-0.3, -0.25) is 4.98 Å². The minimum Gasteiger partial charge on any atom is -0.383 e. The molecule has 18 heavy (non-hydrogen) atoms. The Morgan fingerprint density at radius 2 is 2.28 bits per heavy atom. The lowest BCUT2D eigenvalue weighted by molar-refractivity contribution is 0.199. The molecule has 0 unspecified atom stereocenters. The number of rotatable bonds is 6. The van der Waals surface area contributed by atoms with Gasteiger partial charge in [-0.15, -0.1) is 0 Å². The fraction of sp³-hybridized carbons (Fsp3) is 0.385. The fourth-order valence-electron chi connectivity index (χ4n) is 1.72. The zero-order valence-corrected chi connectivity index (χ0v) is 10.7. The number of aryl methyl sites for hydroxylation is 1. The molecule has 0 aromatic carbocycles. The van der Waals surface area contributed by atoms with Crippen molar-refractivity contribution in [3.8, 4) is 11.4 Å². The van der Waals surface area contributed by atoms with Crippen molar-refractivity contribution in [1.82, 2.24) is 20.3 Å². The molecule has 0 bridgehead atoms. The van der Waals surface area contributed by atoms with Crippen LogP contribution in [0.1, 0.15) is 11.3 Å². The van der Waals surface area contributed by atoms with Gasteiger partial charge in [0.15, 0.2) is 0 Å². The van der Waals surface area contributed by atoms with Gasteiger partial charge in [0.05, 0.1) is 6.61 Å². The molecule has 0 aliphatic heterocycles. The molecule has 2 aromatic rings. The number of hydrogen-bond acceptors (Lipinski definition) is 4. The van der Waals surface area contributed by atoms with E-state index in [1.165, 1.54) is 0 Å². The van der Waals surface area contributed by atoms with E-state index in [2.05, 4.69) is 20.3 Å². The number of ether oxygens (including phenoxy) is 1. The molecule has 0 atom stereocenters. The molecule has 0 saturated carbocycles. The summed E-state index contributed by atoms with van der Waals surface area (Å²) in [6.07, 6.45) is 5.48. The molecule has 0 aliphatic rings. The molecule has 0 aliphatic carbocycles. The Balaban J connectivity index is 2.00. The van der Waals surface area contributed by atoms with E-state index in [1.807, 2.05) is 25.4 Å². The van der Waals surface area contributed by atoms with E-state index in [-0.39, 0.29) is 0 Å². The smallest absolute Gasteiger partial charge is 0.137 e. The molecule has 0 radical (unpaired) electrons. The van der Waals surface area contributed by atoms with E-state index >= 15 is 0 Å². The average Bonchev–Trinajstić information content (AvgIpc) is 2.84. The minimum absolute atomic E-state index is 0.713. The lowest BCUT2D eigenvalue weighted by atomic mass is 10.1. The summed E-state index contributed by atoms with van der Waals surface area (Å²) in [6.45, 7) is 4.34. The van der Waals surface area contributed by atoms with Crippen LogP contribution in [0.5, 0.6) is 0 Å². The topological polar surface area (TPSA) is 62.8 Å². The maximum atomic E-state index is 4.97. The Morgan fingerprint density at radius 1 is 1.39 bits per heavy atom. The Bertz CT molecular complexity index is 495. The van der Waals surface area contributed by atoms with E-state index in [1.54, 1.807) is 13.3 Å². The van der Waals surface area contributed by atoms with E-state index in [0.29, 0.717) is 6.61 Å². The Kier molecular flexibility index (Phi) is 4.44. The number of pyridine rings is 1. The quantitative estimate of drug-likeness (QED) is 0.758. The monoisotopic (exact) mass is 246 g/mol. The van der Waals surface area contributed by atoms with Gasteiger partial charge in [-0.05, 0) is 18.6 Å². The van der Waals surface area contributed by atoms with Crippen LogP contribution in [0, 0.1) is 6.92 Å². The molecular weight excluding hydrogens is 228 g/mol. The van der Waals surface area contributed by atoms with Crippen LogP contribution >= 0.6 is 0 Å². The van der Waals surface area contributed by atoms with Gasteiger partial charge < -0.3 is 15.0 Å². The average molecular weight is 246 g/mol. The number of imidazole rings is 1. The van der Waals surface area contributed by atoms with Gasteiger partial charge >= 0.3 is 0 Å². The predicted molar refractivity (Wildman–Crippen MR) is 70.1 cm³/mol. The molecule has 0 amide bonds. The van der Waals surface area contributed by atoms with Crippen LogP contribution in [0.25, 0.3) is 11.4 Å². The molecule has 5 nitrogen and oxygen atoms in total. The Morgan fingerprint density at radius 3 is 3.06 bits per heavy atom. The first kappa shape index (κ1) is 12.7. The summed E-state index contributed by atoms with van der Waals surface area (Å²) in [7, 11) is 1.70. The number of H-pyrrole nitrogens is 1. The number of aromatic amines is 1. The zero-order chi connectivity index (χ0) is 12.8. The largest absolute Gasteiger partial charge is 0.383 e. The SMILES string of the molecule is COCCNCc1cnc(-c2ccncc2C)[nH]1.